The van der Waals surface area contributed by atoms with Gasteiger partial charge in [-0.05, 0) is 30.7 Å². The molecule has 0 bridgehead atoms. The highest BCUT2D eigenvalue weighted by Crippen LogP contribution is 2.36. The molecule has 0 heterocycles. The summed E-state index contributed by atoms with van der Waals surface area (Å²) >= 11 is 0. The molecule has 0 aliphatic heterocycles. The SMILES string of the molecule is CC[C@@H](CO)NC1CC(c2ccccc2)C1. The molecule has 1 aromatic carbocycles. The predicted molar refractivity (Wildman–Crippen MR) is 66.5 cm³/mol. The Morgan fingerprint density at radius 3 is 2.56 bits per heavy atom. The Balaban J connectivity index is 1.78. The van der Waals surface area contributed by atoms with Crippen LogP contribution in [0.5, 0.6) is 0 Å². The van der Waals surface area contributed by atoms with Crippen molar-refractivity contribution in [1.29, 1.82) is 0 Å². The fraction of sp³-hybridized carbons (Fsp3) is 0.571. The van der Waals surface area contributed by atoms with Gasteiger partial charge in [-0.25, -0.2) is 0 Å². The lowest BCUT2D eigenvalue weighted by molar-refractivity contribution is 0.193. The van der Waals surface area contributed by atoms with Crippen molar-refractivity contribution < 1.29 is 5.11 Å². The van der Waals surface area contributed by atoms with Crippen LogP contribution in [-0.4, -0.2) is 23.8 Å². The molecule has 2 nitrogen and oxygen atoms in total. The van der Waals surface area contributed by atoms with E-state index in [0.29, 0.717) is 6.04 Å². The summed E-state index contributed by atoms with van der Waals surface area (Å²) in [6.45, 7) is 2.37. The van der Waals surface area contributed by atoms with Gasteiger partial charge >= 0.3 is 0 Å². The van der Waals surface area contributed by atoms with Crippen LogP contribution in [0.15, 0.2) is 30.3 Å². The molecule has 2 heteroatoms. The molecule has 2 rings (SSSR count). The third-order valence-corrected chi connectivity index (χ3v) is 3.59. The minimum Gasteiger partial charge on any atom is -0.395 e. The molecular formula is C14H21NO. The van der Waals surface area contributed by atoms with Gasteiger partial charge in [0.15, 0.2) is 0 Å². The zero-order valence-electron chi connectivity index (χ0n) is 9.89. The van der Waals surface area contributed by atoms with Crippen LogP contribution in [0.3, 0.4) is 0 Å². The van der Waals surface area contributed by atoms with Crippen LogP contribution in [0.25, 0.3) is 0 Å². The van der Waals surface area contributed by atoms with E-state index < -0.39 is 0 Å². The highest BCUT2D eigenvalue weighted by Gasteiger charge is 2.30. The second-order valence-electron chi connectivity index (χ2n) is 4.73. The average molecular weight is 219 g/mol. The largest absolute Gasteiger partial charge is 0.395 e. The van der Waals surface area contributed by atoms with Gasteiger partial charge in [0.1, 0.15) is 0 Å². The van der Waals surface area contributed by atoms with Crippen LogP contribution in [0.1, 0.15) is 37.7 Å². The van der Waals surface area contributed by atoms with E-state index in [0.717, 1.165) is 12.3 Å². The first-order chi connectivity index (χ1) is 7.83. The maximum Gasteiger partial charge on any atom is 0.0584 e. The lowest BCUT2D eigenvalue weighted by Crippen LogP contribution is -2.46. The molecule has 2 N–H and O–H groups in total. The van der Waals surface area contributed by atoms with Crippen molar-refractivity contribution >= 4 is 0 Å². The molecule has 0 unspecified atom stereocenters. The van der Waals surface area contributed by atoms with E-state index in [1.54, 1.807) is 0 Å². The number of nitrogens with one attached hydrogen (secondary N) is 1. The van der Waals surface area contributed by atoms with E-state index in [2.05, 4.69) is 42.6 Å². The molecule has 16 heavy (non-hydrogen) atoms. The van der Waals surface area contributed by atoms with Gasteiger partial charge < -0.3 is 10.4 Å². The van der Waals surface area contributed by atoms with E-state index in [1.807, 2.05) is 0 Å². The first-order valence-corrected chi connectivity index (χ1v) is 6.25. The first-order valence-electron chi connectivity index (χ1n) is 6.25. The number of hydrogen-bond acceptors (Lipinski definition) is 2. The Hall–Kier alpha value is -0.860. The molecule has 88 valence electrons. The summed E-state index contributed by atoms with van der Waals surface area (Å²) in [5.41, 5.74) is 1.46. The monoisotopic (exact) mass is 219 g/mol. The van der Waals surface area contributed by atoms with E-state index in [-0.39, 0.29) is 12.6 Å². The topological polar surface area (TPSA) is 32.3 Å². The summed E-state index contributed by atoms with van der Waals surface area (Å²) in [7, 11) is 0. The molecule has 1 saturated carbocycles. The zero-order valence-corrected chi connectivity index (χ0v) is 9.89. The summed E-state index contributed by atoms with van der Waals surface area (Å²) < 4.78 is 0. The average Bonchev–Trinajstić information content (AvgIpc) is 2.29. The Labute approximate surface area is 97.7 Å². The van der Waals surface area contributed by atoms with Crippen LogP contribution < -0.4 is 5.32 Å². The lowest BCUT2D eigenvalue weighted by atomic mass is 9.75. The third-order valence-electron chi connectivity index (χ3n) is 3.59. The van der Waals surface area contributed by atoms with Crippen LogP contribution in [0.4, 0.5) is 0 Å². The molecular weight excluding hydrogens is 198 g/mol. The fourth-order valence-corrected chi connectivity index (χ4v) is 2.38. The Morgan fingerprint density at radius 2 is 2.00 bits per heavy atom. The fourth-order valence-electron chi connectivity index (χ4n) is 2.38. The summed E-state index contributed by atoms with van der Waals surface area (Å²) in [4.78, 5) is 0. The quantitative estimate of drug-likeness (QED) is 0.796. The van der Waals surface area contributed by atoms with Crippen molar-refractivity contribution in [3.8, 4) is 0 Å². The summed E-state index contributed by atoms with van der Waals surface area (Å²) in [5, 5.41) is 12.6. The van der Waals surface area contributed by atoms with Crippen molar-refractivity contribution in [2.45, 2.75) is 44.2 Å². The van der Waals surface area contributed by atoms with Crippen LogP contribution >= 0.6 is 0 Å². The van der Waals surface area contributed by atoms with Gasteiger partial charge in [-0.15, -0.1) is 0 Å². The Morgan fingerprint density at radius 1 is 1.31 bits per heavy atom. The number of benzene rings is 1. The Bertz CT molecular complexity index is 302. The number of aliphatic hydroxyl groups is 1. The number of aliphatic hydroxyl groups excluding tert-OH is 1. The molecule has 1 fully saturated rings. The van der Waals surface area contributed by atoms with Gasteiger partial charge in [-0.2, -0.15) is 0 Å². The molecule has 0 spiro atoms. The normalized spacial score (nSPS) is 26.1. The molecule has 0 saturated heterocycles. The first kappa shape index (κ1) is 11.6. The second kappa shape index (κ2) is 5.46. The predicted octanol–water partition coefficient (Wildman–Crippen LogP) is 2.29. The highest BCUT2D eigenvalue weighted by molar-refractivity contribution is 5.22. The highest BCUT2D eigenvalue weighted by atomic mass is 16.3. The van der Waals surface area contributed by atoms with Crippen LogP contribution in [0, 0.1) is 0 Å². The lowest BCUT2D eigenvalue weighted by Gasteiger charge is -2.38. The number of rotatable bonds is 5. The smallest absolute Gasteiger partial charge is 0.0584 e. The molecule has 1 aromatic rings. The van der Waals surface area contributed by atoms with E-state index in [4.69, 9.17) is 5.11 Å². The molecule has 0 aromatic heterocycles. The Kier molecular flexibility index (Phi) is 3.97. The maximum absolute atomic E-state index is 9.11. The number of hydrogen-bond donors (Lipinski definition) is 2. The molecule has 1 atom stereocenters. The van der Waals surface area contributed by atoms with E-state index in [9.17, 15) is 0 Å². The summed E-state index contributed by atoms with van der Waals surface area (Å²) in [5.74, 6) is 0.717. The van der Waals surface area contributed by atoms with Crippen molar-refractivity contribution in [2.75, 3.05) is 6.61 Å². The van der Waals surface area contributed by atoms with Gasteiger partial charge in [0.2, 0.25) is 0 Å². The molecule has 0 amide bonds. The van der Waals surface area contributed by atoms with Crippen molar-refractivity contribution in [2.24, 2.45) is 0 Å². The van der Waals surface area contributed by atoms with E-state index in [1.165, 1.54) is 18.4 Å². The zero-order chi connectivity index (χ0) is 11.4. The minimum atomic E-state index is 0.253. The molecule has 0 radical (unpaired) electrons. The minimum absolute atomic E-state index is 0.253. The molecule has 1 aliphatic carbocycles. The van der Waals surface area contributed by atoms with Crippen molar-refractivity contribution in [1.82, 2.24) is 5.32 Å². The van der Waals surface area contributed by atoms with Gasteiger partial charge in [0, 0.05) is 12.1 Å². The van der Waals surface area contributed by atoms with Gasteiger partial charge in [-0.1, -0.05) is 37.3 Å². The standard InChI is InChI=1S/C14H21NO/c1-2-13(10-16)15-14-8-12(9-14)11-6-4-3-5-7-11/h3-7,12-16H,2,8-10H2,1H3/t12?,13-,14?/m0/s1. The summed E-state index contributed by atoms with van der Waals surface area (Å²) in [6.07, 6.45) is 3.42. The van der Waals surface area contributed by atoms with Gasteiger partial charge in [0.05, 0.1) is 6.61 Å². The van der Waals surface area contributed by atoms with Crippen molar-refractivity contribution in [3.05, 3.63) is 35.9 Å². The molecule has 1 aliphatic rings. The van der Waals surface area contributed by atoms with Gasteiger partial charge in [-0.3, -0.25) is 0 Å². The van der Waals surface area contributed by atoms with Crippen LogP contribution in [-0.2, 0) is 0 Å². The van der Waals surface area contributed by atoms with Crippen molar-refractivity contribution in [3.63, 3.8) is 0 Å². The third kappa shape index (κ3) is 2.63. The summed E-state index contributed by atoms with van der Waals surface area (Å²) in [6, 6.07) is 11.6. The van der Waals surface area contributed by atoms with Crippen LogP contribution in [0.2, 0.25) is 0 Å². The second-order valence-corrected chi connectivity index (χ2v) is 4.73. The van der Waals surface area contributed by atoms with E-state index >= 15 is 0 Å². The van der Waals surface area contributed by atoms with Gasteiger partial charge in [0.25, 0.3) is 0 Å². The maximum atomic E-state index is 9.11.